The average molecular weight is 449 g/mol. The number of nitrogens with zero attached hydrogens (tertiary/aromatic N) is 3. The molecule has 1 N–H and O–H groups in total. The van der Waals surface area contributed by atoms with Crippen LogP contribution in [0.15, 0.2) is 83.8 Å². The molecule has 3 aromatic carbocycles. The highest BCUT2D eigenvalue weighted by molar-refractivity contribution is 7.92. The van der Waals surface area contributed by atoms with Crippen LogP contribution in [0.5, 0.6) is 5.88 Å². The summed E-state index contributed by atoms with van der Waals surface area (Å²) >= 11 is 0. The minimum Gasteiger partial charge on any atom is -0.473 e. The number of aryl methyl sites for hydroxylation is 1. The summed E-state index contributed by atoms with van der Waals surface area (Å²) < 4.78 is 34.5. The molecule has 0 radical (unpaired) electrons. The van der Waals surface area contributed by atoms with Crippen molar-refractivity contribution in [1.82, 2.24) is 9.97 Å². The van der Waals surface area contributed by atoms with Crippen molar-refractivity contribution < 1.29 is 13.2 Å². The van der Waals surface area contributed by atoms with Crippen molar-refractivity contribution in [1.29, 1.82) is 0 Å². The first-order valence-electron chi connectivity index (χ1n) is 10.2. The monoisotopic (exact) mass is 448 g/mol. The van der Waals surface area contributed by atoms with Crippen LogP contribution >= 0.6 is 0 Å². The molecular weight excluding hydrogens is 424 g/mol. The van der Waals surface area contributed by atoms with Crippen molar-refractivity contribution in [2.45, 2.75) is 11.8 Å². The van der Waals surface area contributed by atoms with Crippen LogP contribution in [0.1, 0.15) is 5.56 Å². The normalized spacial score (nSPS) is 11.3. The van der Waals surface area contributed by atoms with Gasteiger partial charge in [0.15, 0.2) is 0 Å². The lowest BCUT2D eigenvalue weighted by Crippen LogP contribution is -2.24. The van der Waals surface area contributed by atoms with E-state index in [0.29, 0.717) is 29.7 Å². The molecule has 1 aromatic heterocycles. The maximum Gasteiger partial charge on any atom is 0.263 e. The van der Waals surface area contributed by atoms with Gasteiger partial charge in [-0.2, -0.15) is 0 Å². The lowest BCUT2D eigenvalue weighted by Gasteiger charge is -2.20. The molecule has 0 aliphatic heterocycles. The zero-order valence-electron chi connectivity index (χ0n) is 17.9. The summed E-state index contributed by atoms with van der Waals surface area (Å²) in [6.45, 7) is 2.64. The highest BCUT2D eigenvalue weighted by Crippen LogP contribution is 2.27. The number of ether oxygens (including phenoxy) is 1. The fraction of sp³-hybridized carbons (Fsp3) is 0.167. The van der Waals surface area contributed by atoms with Crippen molar-refractivity contribution in [2.75, 3.05) is 29.8 Å². The smallest absolute Gasteiger partial charge is 0.263 e. The lowest BCUT2D eigenvalue weighted by molar-refractivity contribution is 0.315. The van der Waals surface area contributed by atoms with E-state index in [-0.39, 0.29) is 16.6 Å². The van der Waals surface area contributed by atoms with Gasteiger partial charge in [0.25, 0.3) is 15.9 Å². The average Bonchev–Trinajstić information content (AvgIpc) is 2.79. The standard InChI is InChI=1S/C24H24N4O3S/c1-18-10-6-9-15-22(18)32(29,30)27-23-24(26-21-14-8-7-13-20(21)25-23)31-17-16-28(2)19-11-4-3-5-12-19/h3-15H,16-17H2,1-2H3,(H,25,27). The molecule has 0 bridgehead atoms. The highest BCUT2D eigenvalue weighted by atomic mass is 32.2. The second kappa shape index (κ2) is 9.23. The summed E-state index contributed by atoms with van der Waals surface area (Å²) in [7, 11) is -1.90. The van der Waals surface area contributed by atoms with Crippen molar-refractivity contribution >= 4 is 32.6 Å². The number of anilines is 2. The summed E-state index contributed by atoms with van der Waals surface area (Å²) in [5.41, 5.74) is 2.89. The number of rotatable bonds is 8. The second-order valence-corrected chi connectivity index (χ2v) is 8.99. The maximum atomic E-state index is 13.0. The van der Waals surface area contributed by atoms with Gasteiger partial charge in [0.1, 0.15) is 6.61 Å². The number of aromatic nitrogens is 2. The van der Waals surface area contributed by atoms with Crippen LogP contribution < -0.4 is 14.4 Å². The quantitative estimate of drug-likeness (QED) is 0.434. The van der Waals surface area contributed by atoms with E-state index in [0.717, 1.165) is 5.69 Å². The van der Waals surface area contributed by atoms with Gasteiger partial charge in [0, 0.05) is 12.7 Å². The Kier molecular flexibility index (Phi) is 6.23. The topological polar surface area (TPSA) is 84.4 Å². The third-order valence-electron chi connectivity index (χ3n) is 5.02. The second-order valence-electron chi connectivity index (χ2n) is 7.34. The van der Waals surface area contributed by atoms with E-state index >= 15 is 0 Å². The maximum absolute atomic E-state index is 13.0. The van der Waals surface area contributed by atoms with Crippen molar-refractivity contribution in [2.24, 2.45) is 0 Å². The Labute approximate surface area is 187 Å². The molecule has 0 atom stereocenters. The van der Waals surface area contributed by atoms with Crippen molar-refractivity contribution in [3.63, 3.8) is 0 Å². The predicted molar refractivity (Wildman–Crippen MR) is 127 cm³/mol. The third kappa shape index (κ3) is 4.81. The van der Waals surface area contributed by atoms with Gasteiger partial charge in [-0.3, -0.25) is 4.72 Å². The molecule has 0 unspecified atom stereocenters. The summed E-state index contributed by atoms with van der Waals surface area (Å²) in [4.78, 5) is 11.2. The number of hydrogen-bond acceptors (Lipinski definition) is 6. The summed E-state index contributed by atoms with van der Waals surface area (Å²) in [5, 5.41) is 0. The fourth-order valence-electron chi connectivity index (χ4n) is 3.28. The Balaban J connectivity index is 1.60. The van der Waals surface area contributed by atoms with Gasteiger partial charge in [0.2, 0.25) is 5.82 Å². The molecule has 0 saturated carbocycles. The Morgan fingerprint density at radius 2 is 1.50 bits per heavy atom. The van der Waals surface area contributed by atoms with Crippen LogP contribution in [0.25, 0.3) is 11.0 Å². The molecule has 4 aromatic rings. The van der Waals surface area contributed by atoms with Gasteiger partial charge in [-0.25, -0.2) is 18.4 Å². The summed E-state index contributed by atoms with van der Waals surface area (Å²) in [6.07, 6.45) is 0. The molecule has 0 saturated heterocycles. The first-order valence-corrected chi connectivity index (χ1v) is 11.7. The molecule has 4 rings (SSSR count). The highest BCUT2D eigenvalue weighted by Gasteiger charge is 2.21. The minimum absolute atomic E-state index is 0.0642. The summed E-state index contributed by atoms with van der Waals surface area (Å²) in [6, 6.07) is 24.0. The molecular formula is C24H24N4O3S. The van der Waals surface area contributed by atoms with Gasteiger partial charge in [-0.05, 0) is 42.8 Å². The first kappa shape index (κ1) is 21.6. The lowest BCUT2D eigenvalue weighted by atomic mass is 10.2. The van der Waals surface area contributed by atoms with Gasteiger partial charge < -0.3 is 9.64 Å². The van der Waals surface area contributed by atoms with Crippen molar-refractivity contribution in [3.8, 4) is 5.88 Å². The van der Waals surface area contributed by atoms with Gasteiger partial charge in [-0.15, -0.1) is 0 Å². The van der Waals surface area contributed by atoms with Crippen LogP contribution in [0, 0.1) is 6.92 Å². The molecule has 0 spiro atoms. The molecule has 8 heteroatoms. The molecule has 0 aliphatic carbocycles. The Morgan fingerprint density at radius 3 is 2.22 bits per heavy atom. The molecule has 0 amide bonds. The Hall–Kier alpha value is -3.65. The Morgan fingerprint density at radius 1 is 0.875 bits per heavy atom. The van der Waals surface area contributed by atoms with E-state index in [2.05, 4.69) is 14.7 Å². The van der Waals surface area contributed by atoms with Crippen molar-refractivity contribution in [3.05, 3.63) is 84.4 Å². The van der Waals surface area contributed by atoms with Crippen LogP contribution in [0.2, 0.25) is 0 Å². The van der Waals surface area contributed by atoms with E-state index in [4.69, 9.17) is 4.74 Å². The van der Waals surface area contributed by atoms with Gasteiger partial charge in [-0.1, -0.05) is 48.5 Å². The zero-order valence-corrected chi connectivity index (χ0v) is 18.7. The number of sulfonamides is 1. The van der Waals surface area contributed by atoms with Gasteiger partial charge in [0.05, 0.1) is 22.5 Å². The molecule has 7 nitrogen and oxygen atoms in total. The number of likely N-dealkylation sites (N-methyl/N-ethyl adjacent to an activating group) is 1. The third-order valence-corrected chi connectivity index (χ3v) is 6.51. The van der Waals surface area contributed by atoms with E-state index in [1.165, 1.54) is 0 Å². The number of nitrogens with one attached hydrogen (secondary N) is 1. The SMILES string of the molecule is Cc1ccccc1S(=O)(=O)Nc1nc2ccccc2nc1OCCN(C)c1ccccc1. The first-order chi connectivity index (χ1) is 15.4. The van der Waals surface area contributed by atoms with Crippen LogP contribution in [0.3, 0.4) is 0 Å². The van der Waals surface area contributed by atoms with E-state index < -0.39 is 10.0 Å². The zero-order chi connectivity index (χ0) is 22.6. The van der Waals surface area contributed by atoms with E-state index in [1.807, 2.05) is 60.5 Å². The molecule has 0 fully saturated rings. The number of para-hydroxylation sites is 3. The number of hydrogen-bond donors (Lipinski definition) is 1. The van der Waals surface area contributed by atoms with Gasteiger partial charge >= 0.3 is 0 Å². The largest absolute Gasteiger partial charge is 0.473 e. The van der Waals surface area contributed by atoms with E-state index in [9.17, 15) is 8.42 Å². The number of fused-ring (bicyclic) bond motifs is 1. The van der Waals surface area contributed by atoms with E-state index in [1.54, 1.807) is 37.3 Å². The fourth-order valence-corrected chi connectivity index (χ4v) is 4.53. The Bertz CT molecular complexity index is 1330. The predicted octanol–water partition coefficient (Wildman–Crippen LogP) is 4.25. The summed E-state index contributed by atoms with van der Waals surface area (Å²) in [5.74, 6) is 0.205. The molecule has 164 valence electrons. The number of benzene rings is 3. The van der Waals surface area contributed by atoms with Crippen LogP contribution in [-0.2, 0) is 10.0 Å². The van der Waals surface area contributed by atoms with Crippen LogP contribution in [-0.4, -0.2) is 38.6 Å². The minimum atomic E-state index is -3.86. The van der Waals surface area contributed by atoms with Crippen LogP contribution in [0.4, 0.5) is 11.5 Å². The molecule has 0 aliphatic rings. The molecule has 32 heavy (non-hydrogen) atoms. The molecule has 1 heterocycles.